The van der Waals surface area contributed by atoms with E-state index in [1.807, 2.05) is 60.7 Å². The van der Waals surface area contributed by atoms with Crippen LogP contribution in [0.25, 0.3) is 0 Å². The molecule has 30 heavy (non-hydrogen) atoms. The molecular weight excluding hydrogens is 460 g/mol. The number of Topliss-reactive ketones (excluding diaryl/α,β-unsaturated/α-hetero) is 1. The van der Waals surface area contributed by atoms with Crippen LogP contribution in [0.5, 0.6) is 0 Å². The molecule has 2 N–H and O–H groups in total. The fourth-order valence-electron chi connectivity index (χ4n) is 4.45. The molecule has 5 heteroatoms. The molecule has 1 aliphatic carbocycles. The van der Waals surface area contributed by atoms with Gasteiger partial charge in [0, 0.05) is 27.2 Å². The molecule has 3 aromatic rings. The van der Waals surface area contributed by atoms with E-state index in [4.69, 9.17) is 11.6 Å². The van der Waals surface area contributed by atoms with Crippen LogP contribution in [0.1, 0.15) is 35.9 Å². The average molecular weight is 480 g/mol. The summed E-state index contributed by atoms with van der Waals surface area (Å²) in [5.74, 6) is 0.213. The van der Waals surface area contributed by atoms with Gasteiger partial charge >= 0.3 is 0 Å². The Labute approximate surface area is 189 Å². The summed E-state index contributed by atoms with van der Waals surface area (Å²) < 4.78 is 0.992. The van der Waals surface area contributed by atoms with Gasteiger partial charge in [0.25, 0.3) is 0 Å². The number of hydrogen-bond donors (Lipinski definition) is 2. The van der Waals surface area contributed by atoms with Crippen molar-refractivity contribution in [1.82, 2.24) is 0 Å². The standard InChI is InChI=1S/C25H20BrClN2O/c26-17-7-5-6-15(12-17)25-24-22(28-20-10-3-4-11-21(20)29-25)13-16(14-23(24)30)18-8-1-2-9-19(18)27/h1-12,16,25,28-29H,13-14H2. The molecule has 0 saturated carbocycles. The highest BCUT2D eigenvalue weighted by Crippen LogP contribution is 2.45. The van der Waals surface area contributed by atoms with Gasteiger partial charge in [-0.3, -0.25) is 4.79 Å². The molecule has 2 aliphatic rings. The van der Waals surface area contributed by atoms with Crippen LogP contribution in [0.15, 0.2) is 88.5 Å². The number of benzene rings is 3. The van der Waals surface area contributed by atoms with Crippen molar-refractivity contribution in [3.8, 4) is 0 Å². The first-order valence-corrected chi connectivity index (χ1v) is 11.2. The summed E-state index contributed by atoms with van der Waals surface area (Å²) in [5, 5.41) is 7.89. The third-order valence-corrected chi connectivity index (χ3v) is 6.67. The van der Waals surface area contributed by atoms with Crippen molar-refractivity contribution >= 4 is 44.7 Å². The van der Waals surface area contributed by atoms with Crippen molar-refractivity contribution in [2.45, 2.75) is 24.8 Å². The van der Waals surface area contributed by atoms with Crippen molar-refractivity contribution in [2.24, 2.45) is 0 Å². The third-order valence-electron chi connectivity index (χ3n) is 5.84. The maximum atomic E-state index is 13.5. The molecule has 2 atom stereocenters. The molecule has 1 heterocycles. The van der Waals surface area contributed by atoms with Gasteiger partial charge < -0.3 is 10.6 Å². The molecule has 2 unspecified atom stereocenters. The number of para-hydroxylation sites is 2. The SMILES string of the molecule is O=C1CC(c2ccccc2Cl)CC2=C1C(c1cccc(Br)c1)Nc1ccccc1N2. The van der Waals surface area contributed by atoms with Gasteiger partial charge in [0.05, 0.1) is 17.4 Å². The molecule has 0 spiro atoms. The summed E-state index contributed by atoms with van der Waals surface area (Å²) in [6.45, 7) is 0. The molecule has 150 valence electrons. The molecule has 0 amide bonds. The zero-order valence-electron chi connectivity index (χ0n) is 16.2. The Morgan fingerprint density at radius 3 is 2.47 bits per heavy atom. The first-order chi connectivity index (χ1) is 14.6. The Hall–Kier alpha value is -2.56. The first kappa shape index (κ1) is 19.4. The van der Waals surface area contributed by atoms with E-state index in [0.717, 1.165) is 49.7 Å². The lowest BCUT2D eigenvalue weighted by molar-refractivity contribution is -0.116. The number of nitrogens with one attached hydrogen (secondary N) is 2. The van der Waals surface area contributed by atoms with Gasteiger partial charge in [-0.2, -0.15) is 0 Å². The van der Waals surface area contributed by atoms with Crippen LogP contribution >= 0.6 is 27.5 Å². The Kier molecular flexibility index (Phi) is 5.13. The van der Waals surface area contributed by atoms with Gasteiger partial charge in [0.2, 0.25) is 0 Å². The van der Waals surface area contributed by atoms with E-state index in [2.05, 4.69) is 38.7 Å². The van der Waals surface area contributed by atoms with Crippen molar-refractivity contribution in [3.63, 3.8) is 0 Å². The normalized spacial score (nSPS) is 20.5. The number of fused-ring (bicyclic) bond motifs is 1. The minimum atomic E-state index is -0.214. The highest BCUT2D eigenvalue weighted by Gasteiger charge is 2.36. The molecular formula is C25H20BrClN2O. The van der Waals surface area contributed by atoms with Gasteiger partial charge in [-0.05, 0) is 53.8 Å². The van der Waals surface area contributed by atoms with E-state index >= 15 is 0 Å². The Bertz CT molecular complexity index is 1170. The molecule has 0 radical (unpaired) electrons. The lowest BCUT2D eigenvalue weighted by Crippen LogP contribution is -2.27. The molecule has 3 nitrogen and oxygen atoms in total. The highest BCUT2D eigenvalue weighted by molar-refractivity contribution is 9.10. The van der Waals surface area contributed by atoms with Gasteiger partial charge in [0.1, 0.15) is 0 Å². The number of anilines is 2. The number of carbonyl (C=O) groups excluding carboxylic acids is 1. The van der Waals surface area contributed by atoms with Crippen LogP contribution in [-0.2, 0) is 4.79 Å². The molecule has 5 rings (SSSR count). The van der Waals surface area contributed by atoms with E-state index in [-0.39, 0.29) is 17.7 Å². The van der Waals surface area contributed by atoms with Crippen molar-refractivity contribution < 1.29 is 4.79 Å². The van der Waals surface area contributed by atoms with Crippen LogP contribution in [0.4, 0.5) is 11.4 Å². The van der Waals surface area contributed by atoms with E-state index in [0.29, 0.717) is 6.42 Å². The van der Waals surface area contributed by atoms with Crippen molar-refractivity contribution in [2.75, 3.05) is 10.6 Å². The Balaban J connectivity index is 1.63. The summed E-state index contributed by atoms with van der Waals surface area (Å²) >= 11 is 10.0. The van der Waals surface area contributed by atoms with Gasteiger partial charge in [0.15, 0.2) is 5.78 Å². The number of halogens is 2. The predicted octanol–water partition coefficient (Wildman–Crippen LogP) is 7.08. The van der Waals surface area contributed by atoms with E-state index < -0.39 is 0 Å². The van der Waals surface area contributed by atoms with Crippen molar-refractivity contribution in [3.05, 3.63) is 105 Å². The maximum absolute atomic E-state index is 13.5. The molecule has 0 bridgehead atoms. The molecule has 0 fully saturated rings. The van der Waals surface area contributed by atoms with Crippen LogP contribution in [0, 0.1) is 0 Å². The zero-order valence-corrected chi connectivity index (χ0v) is 18.5. The minimum Gasteiger partial charge on any atom is -0.372 e. The monoisotopic (exact) mass is 478 g/mol. The van der Waals surface area contributed by atoms with E-state index in [1.54, 1.807) is 0 Å². The number of hydrogen-bond acceptors (Lipinski definition) is 3. The first-order valence-electron chi connectivity index (χ1n) is 9.99. The van der Waals surface area contributed by atoms with Crippen molar-refractivity contribution in [1.29, 1.82) is 0 Å². The topological polar surface area (TPSA) is 41.1 Å². The third kappa shape index (κ3) is 3.55. The summed E-state index contributed by atoms with van der Waals surface area (Å²) in [6.07, 6.45) is 1.19. The summed E-state index contributed by atoms with van der Waals surface area (Å²) in [5.41, 5.74) is 5.84. The quantitative estimate of drug-likeness (QED) is 0.412. The van der Waals surface area contributed by atoms with Crippen LogP contribution in [0.2, 0.25) is 5.02 Å². The minimum absolute atomic E-state index is 0.0610. The summed E-state index contributed by atoms with van der Waals surface area (Å²) in [4.78, 5) is 13.5. The number of carbonyl (C=O) groups is 1. The Morgan fingerprint density at radius 2 is 1.67 bits per heavy atom. The lowest BCUT2D eigenvalue weighted by Gasteiger charge is -2.30. The average Bonchev–Trinajstić information content (AvgIpc) is 2.91. The van der Waals surface area contributed by atoms with Gasteiger partial charge in [-0.15, -0.1) is 0 Å². The number of ketones is 1. The van der Waals surface area contributed by atoms with Crippen LogP contribution in [-0.4, -0.2) is 5.78 Å². The fraction of sp³-hybridized carbons (Fsp3) is 0.160. The largest absolute Gasteiger partial charge is 0.372 e. The lowest BCUT2D eigenvalue weighted by atomic mass is 9.78. The van der Waals surface area contributed by atoms with Gasteiger partial charge in [-0.1, -0.05) is 70.0 Å². The number of allylic oxidation sites excluding steroid dienone is 1. The zero-order chi connectivity index (χ0) is 20.7. The van der Waals surface area contributed by atoms with E-state index in [9.17, 15) is 4.79 Å². The Morgan fingerprint density at radius 1 is 0.900 bits per heavy atom. The molecule has 0 aromatic heterocycles. The number of rotatable bonds is 2. The van der Waals surface area contributed by atoms with Crippen LogP contribution < -0.4 is 10.6 Å². The predicted molar refractivity (Wildman–Crippen MR) is 126 cm³/mol. The highest BCUT2D eigenvalue weighted by atomic mass is 79.9. The van der Waals surface area contributed by atoms with E-state index in [1.165, 1.54) is 0 Å². The second-order valence-electron chi connectivity index (χ2n) is 7.75. The second kappa shape index (κ2) is 7.93. The molecule has 1 aliphatic heterocycles. The summed E-state index contributed by atoms with van der Waals surface area (Å²) in [7, 11) is 0. The van der Waals surface area contributed by atoms with Crippen LogP contribution in [0.3, 0.4) is 0 Å². The molecule has 3 aromatic carbocycles. The summed E-state index contributed by atoms with van der Waals surface area (Å²) in [6, 6.07) is 23.9. The fourth-order valence-corrected chi connectivity index (χ4v) is 5.16. The smallest absolute Gasteiger partial charge is 0.163 e. The second-order valence-corrected chi connectivity index (χ2v) is 9.07. The van der Waals surface area contributed by atoms with Gasteiger partial charge in [-0.25, -0.2) is 0 Å². The maximum Gasteiger partial charge on any atom is 0.163 e. The molecule has 0 saturated heterocycles.